The van der Waals surface area contributed by atoms with Gasteiger partial charge in [0.2, 0.25) is 0 Å². The van der Waals surface area contributed by atoms with Crippen LogP contribution < -0.4 is 5.43 Å². The average Bonchev–Trinajstić information content (AvgIpc) is 2.66. The standard InChI is InChI=1S/C9H6Cl2N2O2S/c10-5-1-2-6(7(11)3-5)8-4-12-13(16-8)9(14)15/h1-4,12H,(H,14,15). The molecule has 1 heterocycles. The predicted molar refractivity (Wildman–Crippen MR) is 65.0 cm³/mol. The monoisotopic (exact) mass is 276 g/mol. The molecule has 0 aliphatic carbocycles. The van der Waals surface area contributed by atoms with Crippen LogP contribution in [0.2, 0.25) is 10.0 Å². The van der Waals surface area contributed by atoms with Gasteiger partial charge in [-0.25, -0.2) is 4.79 Å². The van der Waals surface area contributed by atoms with Crippen molar-refractivity contribution >= 4 is 46.1 Å². The molecule has 0 spiro atoms. The summed E-state index contributed by atoms with van der Waals surface area (Å²) in [5.74, 6) is 0. The van der Waals surface area contributed by atoms with Crippen LogP contribution in [-0.2, 0) is 0 Å². The lowest BCUT2D eigenvalue weighted by molar-refractivity contribution is 0.169. The lowest BCUT2D eigenvalue weighted by Gasteiger charge is -2.10. The largest absolute Gasteiger partial charge is 0.463 e. The molecule has 0 aromatic heterocycles. The van der Waals surface area contributed by atoms with Gasteiger partial charge in [0.1, 0.15) is 0 Å². The number of hydrogen-bond donors (Lipinski definition) is 2. The van der Waals surface area contributed by atoms with E-state index in [9.17, 15) is 4.79 Å². The highest BCUT2D eigenvalue weighted by atomic mass is 35.5. The molecular formula is C9H6Cl2N2O2S. The predicted octanol–water partition coefficient (Wildman–Crippen LogP) is 3.44. The van der Waals surface area contributed by atoms with Crippen molar-refractivity contribution in [2.75, 3.05) is 0 Å². The van der Waals surface area contributed by atoms with Crippen molar-refractivity contribution in [1.82, 2.24) is 9.84 Å². The molecule has 0 saturated heterocycles. The summed E-state index contributed by atoms with van der Waals surface area (Å²) in [5, 5.41) is 9.77. The van der Waals surface area contributed by atoms with E-state index in [0.29, 0.717) is 10.0 Å². The molecule has 0 bridgehead atoms. The van der Waals surface area contributed by atoms with Gasteiger partial charge in [0.25, 0.3) is 0 Å². The van der Waals surface area contributed by atoms with Crippen LogP contribution in [0.1, 0.15) is 5.56 Å². The van der Waals surface area contributed by atoms with Gasteiger partial charge in [-0.3, -0.25) is 5.43 Å². The first kappa shape index (κ1) is 11.4. The first-order valence-electron chi connectivity index (χ1n) is 4.20. The van der Waals surface area contributed by atoms with Gasteiger partial charge in [0.05, 0.1) is 9.93 Å². The van der Waals surface area contributed by atoms with Gasteiger partial charge >= 0.3 is 6.09 Å². The number of hydrazine groups is 1. The van der Waals surface area contributed by atoms with E-state index in [-0.39, 0.29) is 0 Å². The number of carbonyl (C=O) groups is 1. The molecule has 0 radical (unpaired) electrons. The number of nitrogens with one attached hydrogen (secondary N) is 1. The second-order valence-electron chi connectivity index (χ2n) is 2.93. The van der Waals surface area contributed by atoms with E-state index in [1.807, 2.05) is 0 Å². The molecular weight excluding hydrogens is 271 g/mol. The number of benzene rings is 1. The third-order valence-corrected chi connectivity index (χ3v) is 3.40. The molecule has 1 amide bonds. The lowest BCUT2D eigenvalue weighted by atomic mass is 10.2. The molecule has 1 aromatic rings. The number of hydrogen-bond acceptors (Lipinski definition) is 3. The summed E-state index contributed by atoms with van der Waals surface area (Å²) in [6.45, 7) is 0. The molecule has 4 nitrogen and oxygen atoms in total. The molecule has 1 aromatic carbocycles. The number of amides is 1. The minimum absolute atomic E-state index is 0.486. The van der Waals surface area contributed by atoms with Crippen LogP contribution in [0.15, 0.2) is 24.4 Å². The van der Waals surface area contributed by atoms with Crippen molar-refractivity contribution in [3.05, 3.63) is 40.0 Å². The van der Waals surface area contributed by atoms with E-state index in [1.54, 1.807) is 24.4 Å². The third-order valence-electron chi connectivity index (χ3n) is 1.87. The number of carboxylic acid groups (broad SMARTS) is 1. The van der Waals surface area contributed by atoms with E-state index < -0.39 is 6.09 Å². The Morgan fingerprint density at radius 1 is 1.44 bits per heavy atom. The van der Waals surface area contributed by atoms with Crippen LogP contribution in [0.4, 0.5) is 4.79 Å². The van der Waals surface area contributed by atoms with Crippen LogP contribution in [0.3, 0.4) is 0 Å². The summed E-state index contributed by atoms with van der Waals surface area (Å²) >= 11 is 12.8. The maximum atomic E-state index is 10.7. The fourth-order valence-electron chi connectivity index (χ4n) is 1.18. The maximum absolute atomic E-state index is 10.7. The van der Waals surface area contributed by atoms with Crippen LogP contribution in [0.5, 0.6) is 0 Å². The van der Waals surface area contributed by atoms with Gasteiger partial charge in [-0.1, -0.05) is 29.3 Å². The van der Waals surface area contributed by atoms with Crippen molar-refractivity contribution in [3.8, 4) is 0 Å². The summed E-state index contributed by atoms with van der Waals surface area (Å²) < 4.78 is 0.986. The van der Waals surface area contributed by atoms with Gasteiger partial charge in [-0.2, -0.15) is 4.41 Å². The quantitative estimate of drug-likeness (QED) is 0.772. The number of halogens is 2. The van der Waals surface area contributed by atoms with Crippen LogP contribution in [0, 0.1) is 0 Å². The Hall–Kier alpha value is -1.04. The number of nitrogens with zero attached hydrogens (tertiary/aromatic N) is 1. The zero-order valence-corrected chi connectivity index (χ0v) is 10.1. The zero-order chi connectivity index (χ0) is 11.7. The van der Waals surface area contributed by atoms with E-state index >= 15 is 0 Å². The topological polar surface area (TPSA) is 52.6 Å². The second kappa shape index (κ2) is 4.45. The minimum Gasteiger partial charge on any atom is -0.463 e. The van der Waals surface area contributed by atoms with Crippen molar-refractivity contribution in [1.29, 1.82) is 0 Å². The highest BCUT2D eigenvalue weighted by molar-refractivity contribution is 8.06. The Morgan fingerprint density at radius 2 is 2.19 bits per heavy atom. The van der Waals surface area contributed by atoms with Gasteiger partial charge in [0.15, 0.2) is 0 Å². The molecule has 1 aliphatic heterocycles. The van der Waals surface area contributed by atoms with Crippen molar-refractivity contribution in [2.24, 2.45) is 0 Å². The van der Waals surface area contributed by atoms with Crippen molar-refractivity contribution in [3.63, 3.8) is 0 Å². The lowest BCUT2D eigenvalue weighted by Crippen LogP contribution is -2.28. The molecule has 0 unspecified atom stereocenters. The first-order valence-corrected chi connectivity index (χ1v) is 5.73. The van der Waals surface area contributed by atoms with Crippen LogP contribution in [0.25, 0.3) is 4.91 Å². The van der Waals surface area contributed by atoms with E-state index in [0.717, 1.165) is 26.8 Å². The molecule has 84 valence electrons. The summed E-state index contributed by atoms with van der Waals surface area (Å²) in [6.07, 6.45) is 0.509. The van der Waals surface area contributed by atoms with Gasteiger partial charge in [-0.15, -0.1) is 0 Å². The Kier molecular flexibility index (Phi) is 3.18. The highest BCUT2D eigenvalue weighted by Crippen LogP contribution is 2.37. The average molecular weight is 277 g/mol. The Labute approximate surface area is 106 Å². The Bertz CT molecular complexity index is 479. The summed E-state index contributed by atoms with van der Waals surface area (Å²) in [4.78, 5) is 11.4. The molecule has 16 heavy (non-hydrogen) atoms. The molecule has 2 N–H and O–H groups in total. The van der Waals surface area contributed by atoms with Gasteiger partial charge in [-0.05, 0) is 12.1 Å². The Balaban J connectivity index is 2.24. The SMILES string of the molecule is O=C(O)N1NC=C(c2ccc(Cl)cc2Cl)S1. The number of rotatable bonds is 1. The van der Waals surface area contributed by atoms with Crippen LogP contribution >= 0.6 is 35.1 Å². The van der Waals surface area contributed by atoms with Crippen LogP contribution in [-0.4, -0.2) is 15.6 Å². The third kappa shape index (κ3) is 2.21. The summed E-state index contributed by atoms with van der Waals surface area (Å²) in [5.41, 5.74) is 3.33. The van der Waals surface area contributed by atoms with Crippen molar-refractivity contribution < 1.29 is 9.90 Å². The Morgan fingerprint density at radius 3 is 2.75 bits per heavy atom. The molecule has 1 aliphatic rings. The normalized spacial score (nSPS) is 14.6. The summed E-state index contributed by atoms with van der Waals surface area (Å²) in [7, 11) is 0. The molecule has 7 heteroatoms. The van der Waals surface area contributed by atoms with E-state index in [1.165, 1.54) is 0 Å². The van der Waals surface area contributed by atoms with E-state index in [4.69, 9.17) is 28.3 Å². The molecule has 0 saturated carbocycles. The molecule has 0 fully saturated rings. The highest BCUT2D eigenvalue weighted by Gasteiger charge is 2.22. The zero-order valence-electron chi connectivity index (χ0n) is 7.78. The second-order valence-corrected chi connectivity index (χ2v) is 4.76. The minimum atomic E-state index is -1.07. The van der Waals surface area contributed by atoms with Gasteiger partial charge in [0, 0.05) is 28.7 Å². The smallest absolute Gasteiger partial charge is 0.437 e. The molecule has 2 rings (SSSR count). The fraction of sp³-hybridized carbons (Fsp3) is 0. The van der Waals surface area contributed by atoms with E-state index in [2.05, 4.69) is 5.43 Å². The van der Waals surface area contributed by atoms with Gasteiger partial charge < -0.3 is 5.11 Å². The fourth-order valence-corrected chi connectivity index (χ4v) is 2.51. The summed E-state index contributed by atoms with van der Waals surface area (Å²) in [6, 6.07) is 5.06. The molecule has 0 atom stereocenters. The van der Waals surface area contributed by atoms with Crippen molar-refractivity contribution in [2.45, 2.75) is 0 Å². The maximum Gasteiger partial charge on any atom is 0.437 e. The first-order chi connectivity index (χ1) is 7.58.